The first kappa shape index (κ1) is 16.4. The summed E-state index contributed by atoms with van der Waals surface area (Å²) in [6, 6.07) is 0. The van der Waals surface area contributed by atoms with Crippen LogP contribution in [0.4, 0.5) is 0 Å². The zero-order chi connectivity index (χ0) is 13.1. The quantitative estimate of drug-likeness (QED) is 0.738. The van der Waals surface area contributed by atoms with Crippen molar-refractivity contribution < 1.29 is 5.11 Å². The third-order valence-electron chi connectivity index (χ3n) is 3.23. The van der Waals surface area contributed by atoms with E-state index >= 15 is 0 Å². The first-order chi connectivity index (χ1) is 8.26. The Kier molecular flexibility index (Phi) is 9.10. The second kappa shape index (κ2) is 9.43. The van der Waals surface area contributed by atoms with Crippen molar-refractivity contribution in [2.45, 2.75) is 47.0 Å². The van der Waals surface area contributed by atoms with Crippen LogP contribution in [0.1, 0.15) is 47.0 Å². The molecule has 1 aliphatic heterocycles. The Balaban J connectivity index is 0.00000121. The summed E-state index contributed by atoms with van der Waals surface area (Å²) < 4.78 is 0. The number of piperidine rings is 1. The summed E-state index contributed by atoms with van der Waals surface area (Å²) in [5.41, 5.74) is 1.40. The third kappa shape index (κ3) is 5.51. The van der Waals surface area contributed by atoms with E-state index in [9.17, 15) is 5.11 Å². The lowest BCUT2D eigenvalue weighted by atomic mass is 9.76. The van der Waals surface area contributed by atoms with Crippen LogP contribution in [0.5, 0.6) is 0 Å². The number of allylic oxidation sites excluding steroid dienone is 4. The van der Waals surface area contributed by atoms with Gasteiger partial charge in [-0.05, 0) is 39.7 Å². The maximum Gasteiger partial charge on any atom is 0.0502 e. The van der Waals surface area contributed by atoms with E-state index in [-0.39, 0.29) is 12.0 Å². The van der Waals surface area contributed by atoms with Gasteiger partial charge in [0.1, 0.15) is 0 Å². The monoisotopic (exact) mass is 239 g/mol. The summed E-state index contributed by atoms with van der Waals surface area (Å²) in [6.07, 6.45) is 9.64. The van der Waals surface area contributed by atoms with Crippen LogP contribution in [0, 0.1) is 5.41 Å². The predicted octanol–water partition coefficient (Wildman–Crippen LogP) is 3.29. The van der Waals surface area contributed by atoms with Crippen LogP contribution in [0.2, 0.25) is 0 Å². The molecule has 0 aromatic carbocycles. The topological polar surface area (TPSA) is 32.3 Å². The molecule has 1 saturated heterocycles. The van der Waals surface area contributed by atoms with E-state index in [2.05, 4.69) is 30.5 Å². The van der Waals surface area contributed by atoms with Crippen molar-refractivity contribution in [1.82, 2.24) is 5.32 Å². The number of rotatable bonds is 4. The first-order valence-electron chi connectivity index (χ1n) is 6.86. The molecule has 1 unspecified atom stereocenters. The normalized spacial score (nSPS) is 25.6. The molecule has 0 radical (unpaired) electrons. The second-order valence-electron chi connectivity index (χ2n) is 4.48. The summed E-state index contributed by atoms with van der Waals surface area (Å²) in [6.45, 7) is 10.4. The minimum absolute atomic E-state index is 0.0691. The molecule has 0 saturated carbocycles. The maximum atomic E-state index is 9.56. The van der Waals surface area contributed by atoms with Crippen molar-refractivity contribution in [2.75, 3.05) is 19.7 Å². The van der Waals surface area contributed by atoms with E-state index in [4.69, 9.17) is 0 Å². The number of nitrogens with one attached hydrogen (secondary N) is 1. The molecule has 17 heavy (non-hydrogen) atoms. The van der Waals surface area contributed by atoms with Crippen molar-refractivity contribution in [3.05, 3.63) is 23.8 Å². The average Bonchev–Trinajstić information content (AvgIpc) is 2.41. The van der Waals surface area contributed by atoms with Gasteiger partial charge in [-0.1, -0.05) is 37.6 Å². The fraction of sp³-hybridized carbons (Fsp3) is 0.733. The van der Waals surface area contributed by atoms with E-state index < -0.39 is 0 Å². The van der Waals surface area contributed by atoms with E-state index in [0.29, 0.717) is 0 Å². The van der Waals surface area contributed by atoms with Gasteiger partial charge in [-0.2, -0.15) is 0 Å². The van der Waals surface area contributed by atoms with Crippen molar-refractivity contribution in [3.8, 4) is 0 Å². The lowest BCUT2D eigenvalue weighted by molar-refractivity contribution is 0.0955. The molecular formula is C15H29NO. The van der Waals surface area contributed by atoms with Crippen LogP contribution < -0.4 is 5.32 Å². The maximum absolute atomic E-state index is 9.56. The Bertz CT molecular complexity index is 237. The minimum atomic E-state index is 0.0691. The molecule has 2 N–H and O–H groups in total. The van der Waals surface area contributed by atoms with Crippen LogP contribution in [0.25, 0.3) is 0 Å². The fourth-order valence-corrected chi connectivity index (χ4v) is 2.28. The van der Waals surface area contributed by atoms with Gasteiger partial charge < -0.3 is 10.4 Å². The smallest absolute Gasteiger partial charge is 0.0502 e. The van der Waals surface area contributed by atoms with E-state index in [1.807, 2.05) is 20.8 Å². The molecule has 1 aliphatic rings. The van der Waals surface area contributed by atoms with Gasteiger partial charge in [0, 0.05) is 12.0 Å². The van der Waals surface area contributed by atoms with Crippen LogP contribution in [-0.4, -0.2) is 24.8 Å². The fourth-order valence-electron chi connectivity index (χ4n) is 2.28. The van der Waals surface area contributed by atoms with Gasteiger partial charge in [0.05, 0.1) is 6.61 Å². The van der Waals surface area contributed by atoms with Gasteiger partial charge in [-0.15, -0.1) is 0 Å². The number of aliphatic hydroxyl groups excluding tert-OH is 1. The van der Waals surface area contributed by atoms with Crippen LogP contribution in [0.15, 0.2) is 23.8 Å². The minimum Gasteiger partial charge on any atom is -0.396 e. The lowest BCUT2D eigenvalue weighted by Gasteiger charge is -2.36. The molecule has 1 rings (SSSR count). The summed E-state index contributed by atoms with van der Waals surface area (Å²) in [4.78, 5) is 0. The van der Waals surface area contributed by atoms with E-state index in [1.165, 1.54) is 12.0 Å². The zero-order valence-corrected chi connectivity index (χ0v) is 11.9. The Hall–Kier alpha value is -0.600. The highest BCUT2D eigenvalue weighted by Crippen LogP contribution is 2.33. The lowest BCUT2D eigenvalue weighted by Crippen LogP contribution is -2.42. The van der Waals surface area contributed by atoms with Crippen molar-refractivity contribution in [1.29, 1.82) is 0 Å². The molecule has 2 heteroatoms. The van der Waals surface area contributed by atoms with E-state index in [1.54, 1.807) is 0 Å². The molecule has 100 valence electrons. The molecule has 0 aromatic heterocycles. The number of aliphatic hydroxyl groups is 1. The molecule has 2 nitrogen and oxygen atoms in total. The first-order valence-corrected chi connectivity index (χ1v) is 6.86. The van der Waals surface area contributed by atoms with Gasteiger partial charge in [0.2, 0.25) is 0 Å². The SMILES string of the molecule is C/C=C\C(=C/C)CC1(CO)CCCNC1.CC. The molecular weight excluding hydrogens is 210 g/mol. The molecule has 1 atom stereocenters. The molecule has 1 heterocycles. The number of hydrogen-bond donors (Lipinski definition) is 2. The third-order valence-corrected chi connectivity index (χ3v) is 3.23. The molecule has 0 spiro atoms. The molecule has 0 aromatic rings. The summed E-state index contributed by atoms with van der Waals surface area (Å²) in [7, 11) is 0. The van der Waals surface area contributed by atoms with Crippen LogP contribution in [-0.2, 0) is 0 Å². The summed E-state index contributed by atoms with van der Waals surface area (Å²) >= 11 is 0. The average molecular weight is 239 g/mol. The highest BCUT2D eigenvalue weighted by molar-refractivity contribution is 5.19. The van der Waals surface area contributed by atoms with Crippen LogP contribution in [0.3, 0.4) is 0 Å². The van der Waals surface area contributed by atoms with Crippen molar-refractivity contribution in [3.63, 3.8) is 0 Å². The highest BCUT2D eigenvalue weighted by Gasteiger charge is 2.31. The van der Waals surface area contributed by atoms with Gasteiger partial charge in [0.15, 0.2) is 0 Å². The summed E-state index contributed by atoms with van der Waals surface area (Å²) in [5.74, 6) is 0. The predicted molar refractivity (Wildman–Crippen MR) is 76.2 cm³/mol. The van der Waals surface area contributed by atoms with Gasteiger partial charge >= 0.3 is 0 Å². The Morgan fingerprint density at radius 3 is 2.47 bits per heavy atom. The Morgan fingerprint density at radius 1 is 1.35 bits per heavy atom. The number of hydrogen-bond acceptors (Lipinski definition) is 2. The highest BCUT2D eigenvalue weighted by atomic mass is 16.3. The van der Waals surface area contributed by atoms with Crippen molar-refractivity contribution >= 4 is 0 Å². The molecule has 0 aliphatic carbocycles. The molecule has 1 fully saturated rings. The standard InChI is InChI=1S/C13H23NO.C2H6/c1-3-6-12(4-2)9-13(11-15)7-5-8-14-10-13;1-2/h3-4,6,14-15H,5,7-11H2,1-2H3;1-2H3/b6-3-,12-4+;. The van der Waals surface area contributed by atoms with Gasteiger partial charge in [0.25, 0.3) is 0 Å². The summed E-state index contributed by atoms with van der Waals surface area (Å²) in [5, 5.41) is 12.9. The molecule has 0 amide bonds. The van der Waals surface area contributed by atoms with Gasteiger partial charge in [-0.3, -0.25) is 0 Å². The second-order valence-corrected chi connectivity index (χ2v) is 4.48. The zero-order valence-electron chi connectivity index (χ0n) is 11.9. The van der Waals surface area contributed by atoms with Gasteiger partial charge in [-0.25, -0.2) is 0 Å². The van der Waals surface area contributed by atoms with E-state index in [0.717, 1.165) is 25.9 Å². The van der Waals surface area contributed by atoms with Crippen molar-refractivity contribution in [2.24, 2.45) is 5.41 Å². The Morgan fingerprint density at radius 2 is 2.06 bits per heavy atom. The Labute approximate surface area is 107 Å². The largest absolute Gasteiger partial charge is 0.396 e. The van der Waals surface area contributed by atoms with Crippen LogP contribution >= 0.6 is 0 Å². The molecule has 0 bridgehead atoms.